The van der Waals surface area contributed by atoms with Crippen LogP contribution < -0.4 is 0 Å². The number of fused-ring (bicyclic) bond motifs is 2. The Morgan fingerprint density at radius 3 is 2.60 bits per heavy atom. The van der Waals surface area contributed by atoms with Crippen LogP contribution >= 0.6 is 23.2 Å². The van der Waals surface area contributed by atoms with Crippen LogP contribution in [0, 0.1) is 5.92 Å². The summed E-state index contributed by atoms with van der Waals surface area (Å²) in [7, 11) is 0. The number of benzene rings is 1. The lowest BCUT2D eigenvalue weighted by Gasteiger charge is -2.23. The predicted octanol–water partition coefficient (Wildman–Crippen LogP) is 3.07. The number of halogens is 2. The van der Waals surface area contributed by atoms with Gasteiger partial charge in [0, 0.05) is 17.1 Å². The number of amides is 1. The lowest BCUT2D eigenvalue weighted by Crippen LogP contribution is -2.38. The molecule has 1 aromatic carbocycles. The molecule has 0 aliphatic carbocycles. The van der Waals surface area contributed by atoms with Gasteiger partial charge in [0.25, 0.3) is 5.91 Å². The summed E-state index contributed by atoms with van der Waals surface area (Å²) in [6.07, 6.45) is 2.15. The van der Waals surface area contributed by atoms with Crippen molar-refractivity contribution < 1.29 is 14.7 Å². The molecule has 2 saturated heterocycles. The minimum absolute atomic E-state index is 0.0142. The fourth-order valence-corrected chi connectivity index (χ4v) is 3.86. The van der Waals surface area contributed by atoms with Crippen LogP contribution in [-0.2, 0) is 4.79 Å². The molecule has 1 amide bonds. The zero-order valence-electron chi connectivity index (χ0n) is 10.6. The minimum Gasteiger partial charge on any atom is -0.481 e. The van der Waals surface area contributed by atoms with Gasteiger partial charge in [-0.1, -0.05) is 23.2 Å². The molecule has 2 fully saturated rings. The normalized spacial score (nSPS) is 27.9. The molecule has 0 spiro atoms. The van der Waals surface area contributed by atoms with Crippen molar-refractivity contribution in [3.8, 4) is 0 Å². The standard InChI is InChI=1S/C14H13Cl2NO3/c15-7-1-3-9(11(16)5-7)13(18)17-8-2-4-12(17)10(6-8)14(19)20/h1,3,5,8,10,12H,2,4,6H2,(H,19,20). The van der Waals surface area contributed by atoms with Crippen molar-refractivity contribution in [1.82, 2.24) is 4.90 Å². The first-order chi connectivity index (χ1) is 9.49. The maximum absolute atomic E-state index is 12.6. The van der Waals surface area contributed by atoms with Crippen molar-refractivity contribution in [3.63, 3.8) is 0 Å². The van der Waals surface area contributed by atoms with Gasteiger partial charge in [0.2, 0.25) is 0 Å². The van der Waals surface area contributed by atoms with E-state index in [4.69, 9.17) is 23.2 Å². The second-order valence-corrected chi connectivity index (χ2v) is 6.16. The van der Waals surface area contributed by atoms with Crippen LogP contribution in [0.1, 0.15) is 29.6 Å². The molecule has 106 valence electrons. The molecular weight excluding hydrogens is 301 g/mol. The van der Waals surface area contributed by atoms with Crippen molar-refractivity contribution in [2.75, 3.05) is 0 Å². The van der Waals surface area contributed by atoms with Gasteiger partial charge >= 0.3 is 5.97 Å². The molecule has 1 aromatic rings. The molecule has 3 rings (SSSR count). The quantitative estimate of drug-likeness (QED) is 0.912. The van der Waals surface area contributed by atoms with Gasteiger partial charge in [0.1, 0.15) is 0 Å². The van der Waals surface area contributed by atoms with E-state index in [9.17, 15) is 14.7 Å². The molecule has 2 bridgehead atoms. The van der Waals surface area contributed by atoms with E-state index in [0.29, 0.717) is 22.0 Å². The average molecular weight is 314 g/mol. The van der Waals surface area contributed by atoms with Crippen LogP contribution in [-0.4, -0.2) is 34.0 Å². The third kappa shape index (κ3) is 2.07. The molecule has 6 heteroatoms. The lowest BCUT2D eigenvalue weighted by atomic mass is 9.89. The van der Waals surface area contributed by atoms with Crippen molar-refractivity contribution in [3.05, 3.63) is 33.8 Å². The minimum atomic E-state index is -0.822. The number of carboxylic acids is 1. The van der Waals surface area contributed by atoms with Gasteiger partial charge in [-0.25, -0.2) is 0 Å². The smallest absolute Gasteiger partial charge is 0.308 e. The summed E-state index contributed by atoms with van der Waals surface area (Å²) in [5.41, 5.74) is 0.388. The zero-order valence-corrected chi connectivity index (χ0v) is 12.1. The molecule has 2 heterocycles. The maximum atomic E-state index is 12.6. The summed E-state index contributed by atoms with van der Waals surface area (Å²) in [5.74, 6) is -1.47. The Kier molecular flexibility index (Phi) is 3.38. The summed E-state index contributed by atoms with van der Waals surface area (Å²) in [6, 6.07) is 4.55. The first-order valence-electron chi connectivity index (χ1n) is 6.49. The number of hydrogen-bond donors (Lipinski definition) is 1. The summed E-state index contributed by atoms with van der Waals surface area (Å²) in [6.45, 7) is 0. The van der Waals surface area contributed by atoms with E-state index < -0.39 is 11.9 Å². The van der Waals surface area contributed by atoms with Gasteiger partial charge in [-0.2, -0.15) is 0 Å². The number of carbonyl (C=O) groups excluding carboxylic acids is 1. The Morgan fingerprint density at radius 1 is 1.25 bits per heavy atom. The molecule has 20 heavy (non-hydrogen) atoms. The first kappa shape index (κ1) is 13.7. The van der Waals surface area contributed by atoms with E-state index in [-0.39, 0.29) is 18.0 Å². The molecule has 3 atom stereocenters. The van der Waals surface area contributed by atoms with Crippen molar-refractivity contribution in [2.24, 2.45) is 5.92 Å². The van der Waals surface area contributed by atoms with Gasteiger partial charge in [0.05, 0.1) is 16.5 Å². The maximum Gasteiger partial charge on any atom is 0.308 e. The van der Waals surface area contributed by atoms with Crippen molar-refractivity contribution in [1.29, 1.82) is 0 Å². The fourth-order valence-electron chi connectivity index (χ4n) is 3.37. The van der Waals surface area contributed by atoms with Gasteiger partial charge in [-0.05, 0) is 37.5 Å². The van der Waals surface area contributed by atoms with E-state index in [2.05, 4.69) is 0 Å². The third-order valence-corrected chi connectivity index (χ3v) is 4.80. The van der Waals surface area contributed by atoms with Gasteiger partial charge in [0.15, 0.2) is 0 Å². The van der Waals surface area contributed by atoms with Crippen LogP contribution in [0.15, 0.2) is 18.2 Å². The number of hydrogen-bond acceptors (Lipinski definition) is 2. The zero-order chi connectivity index (χ0) is 14.4. The van der Waals surface area contributed by atoms with Gasteiger partial charge in [-0.3, -0.25) is 9.59 Å². The summed E-state index contributed by atoms with van der Waals surface area (Å²) < 4.78 is 0. The Hall–Kier alpha value is -1.26. The molecule has 4 nitrogen and oxygen atoms in total. The number of carboxylic acid groups (broad SMARTS) is 1. The SMILES string of the molecule is O=C(O)C1CC2CCC1N2C(=O)c1ccc(Cl)cc1Cl. The monoisotopic (exact) mass is 313 g/mol. The van der Waals surface area contributed by atoms with E-state index in [1.165, 1.54) is 6.07 Å². The van der Waals surface area contributed by atoms with Crippen LogP contribution in [0.2, 0.25) is 10.0 Å². The highest BCUT2D eigenvalue weighted by molar-refractivity contribution is 6.36. The Morgan fingerprint density at radius 2 is 2.00 bits per heavy atom. The molecule has 2 aliphatic rings. The first-order valence-corrected chi connectivity index (χ1v) is 7.25. The lowest BCUT2D eigenvalue weighted by molar-refractivity contribution is -0.142. The van der Waals surface area contributed by atoms with E-state index in [0.717, 1.165) is 12.8 Å². The van der Waals surface area contributed by atoms with Crippen LogP contribution in [0.3, 0.4) is 0 Å². The van der Waals surface area contributed by atoms with Crippen LogP contribution in [0.5, 0.6) is 0 Å². The number of carbonyl (C=O) groups is 2. The summed E-state index contributed by atoms with van der Waals surface area (Å²) in [4.78, 5) is 25.5. The van der Waals surface area contributed by atoms with Crippen LogP contribution in [0.4, 0.5) is 0 Å². The van der Waals surface area contributed by atoms with E-state index in [1.54, 1.807) is 17.0 Å². The Labute approximate surface area is 126 Å². The molecular formula is C14H13Cl2NO3. The number of nitrogens with zero attached hydrogens (tertiary/aromatic N) is 1. The summed E-state index contributed by atoms with van der Waals surface area (Å²) in [5, 5.41) is 9.99. The van der Waals surface area contributed by atoms with Crippen molar-refractivity contribution in [2.45, 2.75) is 31.3 Å². The van der Waals surface area contributed by atoms with Gasteiger partial charge < -0.3 is 10.0 Å². The Balaban J connectivity index is 1.90. The average Bonchev–Trinajstić information content (AvgIpc) is 2.95. The highest BCUT2D eigenvalue weighted by atomic mass is 35.5. The molecule has 0 radical (unpaired) electrons. The highest BCUT2D eigenvalue weighted by Gasteiger charge is 2.51. The molecule has 3 unspecified atom stereocenters. The third-order valence-electron chi connectivity index (χ3n) is 4.25. The fraction of sp³-hybridized carbons (Fsp3) is 0.429. The predicted molar refractivity (Wildman–Crippen MR) is 75.2 cm³/mol. The topological polar surface area (TPSA) is 57.6 Å². The molecule has 0 saturated carbocycles. The number of aliphatic carboxylic acids is 1. The van der Waals surface area contributed by atoms with Crippen LogP contribution in [0.25, 0.3) is 0 Å². The largest absolute Gasteiger partial charge is 0.481 e. The van der Waals surface area contributed by atoms with E-state index >= 15 is 0 Å². The molecule has 2 aliphatic heterocycles. The second kappa shape index (κ2) is 4.93. The molecule has 1 N–H and O–H groups in total. The Bertz CT molecular complexity index is 590. The van der Waals surface area contributed by atoms with Gasteiger partial charge in [-0.15, -0.1) is 0 Å². The summed E-state index contributed by atoms with van der Waals surface area (Å²) >= 11 is 11.9. The highest BCUT2D eigenvalue weighted by Crippen LogP contribution is 2.43. The molecule has 0 aromatic heterocycles. The second-order valence-electron chi connectivity index (χ2n) is 5.32. The number of rotatable bonds is 2. The van der Waals surface area contributed by atoms with E-state index in [1.807, 2.05) is 0 Å². The van der Waals surface area contributed by atoms with Crippen molar-refractivity contribution >= 4 is 35.1 Å².